The van der Waals surface area contributed by atoms with E-state index in [1.54, 1.807) is 0 Å². The van der Waals surface area contributed by atoms with Gasteiger partial charge in [0, 0.05) is 45.2 Å². The van der Waals surface area contributed by atoms with Gasteiger partial charge in [0.15, 0.2) is 0 Å². The largest absolute Gasteiger partial charge is 0.378 e. The third-order valence-corrected chi connectivity index (χ3v) is 5.68. The summed E-state index contributed by atoms with van der Waals surface area (Å²) in [4.78, 5) is 17.2. The highest BCUT2D eigenvalue weighted by Gasteiger charge is 2.29. The summed E-state index contributed by atoms with van der Waals surface area (Å²) < 4.78 is 5.48. The lowest BCUT2D eigenvalue weighted by atomic mass is 9.96. The van der Waals surface area contributed by atoms with Gasteiger partial charge in [-0.2, -0.15) is 0 Å². The van der Waals surface area contributed by atoms with Crippen LogP contribution in [-0.4, -0.2) is 67.7 Å². The van der Waals surface area contributed by atoms with E-state index in [2.05, 4.69) is 70.9 Å². The highest BCUT2D eigenvalue weighted by atomic mass is 35.5. The Morgan fingerprint density at radius 3 is 2.00 bits per heavy atom. The van der Waals surface area contributed by atoms with Gasteiger partial charge in [-0.15, -0.1) is 24.8 Å². The number of morpholine rings is 1. The smallest absolute Gasteiger partial charge is 0.224 e. The molecule has 0 aliphatic carbocycles. The maximum Gasteiger partial charge on any atom is 0.224 e. The molecule has 2 aliphatic heterocycles. The molecule has 0 saturated carbocycles. The number of amides is 1. The van der Waals surface area contributed by atoms with Crippen LogP contribution in [0.3, 0.4) is 0 Å². The van der Waals surface area contributed by atoms with Gasteiger partial charge in [-0.1, -0.05) is 60.7 Å². The van der Waals surface area contributed by atoms with Crippen LogP contribution in [0.1, 0.15) is 23.6 Å². The first-order chi connectivity index (χ1) is 13.8. The zero-order valence-electron chi connectivity index (χ0n) is 17.1. The van der Waals surface area contributed by atoms with Crippen LogP contribution in [0.25, 0.3) is 0 Å². The van der Waals surface area contributed by atoms with Crippen molar-refractivity contribution in [3.63, 3.8) is 0 Å². The number of hydrogen-bond donors (Lipinski definition) is 1. The fourth-order valence-corrected chi connectivity index (χ4v) is 4.20. The molecular formula is C23H31Cl2N3O2. The number of benzene rings is 2. The predicted molar refractivity (Wildman–Crippen MR) is 125 cm³/mol. The second-order valence-corrected chi connectivity index (χ2v) is 7.57. The molecular weight excluding hydrogens is 421 g/mol. The molecule has 1 unspecified atom stereocenters. The SMILES string of the molecule is Cl.Cl.O=C(CC1COCCN1)N1CCN(C(c2ccccc2)c2ccccc2)CC1. The zero-order chi connectivity index (χ0) is 19.2. The molecule has 4 rings (SSSR count). The molecule has 0 aromatic heterocycles. The lowest BCUT2D eigenvalue weighted by Crippen LogP contribution is -2.52. The van der Waals surface area contributed by atoms with Crippen LogP contribution in [0.15, 0.2) is 60.7 Å². The van der Waals surface area contributed by atoms with Crippen LogP contribution in [-0.2, 0) is 9.53 Å². The molecule has 2 aliphatic rings. The van der Waals surface area contributed by atoms with Crippen molar-refractivity contribution >= 4 is 30.7 Å². The number of ether oxygens (including phenoxy) is 1. The minimum absolute atomic E-state index is 0. The van der Waals surface area contributed by atoms with Gasteiger partial charge >= 0.3 is 0 Å². The van der Waals surface area contributed by atoms with Gasteiger partial charge in [-0.3, -0.25) is 9.69 Å². The van der Waals surface area contributed by atoms with Crippen molar-refractivity contribution in [2.45, 2.75) is 18.5 Å². The number of nitrogens with one attached hydrogen (secondary N) is 1. The van der Waals surface area contributed by atoms with Gasteiger partial charge < -0.3 is 15.0 Å². The summed E-state index contributed by atoms with van der Waals surface area (Å²) in [5, 5.41) is 3.38. The van der Waals surface area contributed by atoms with Crippen molar-refractivity contribution in [2.24, 2.45) is 0 Å². The van der Waals surface area contributed by atoms with E-state index in [1.807, 2.05) is 4.90 Å². The molecule has 0 bridgehead atoms. The summed E-state index contributed by atoms with van der Waals surface area (Å²) in [7, 11) is 0. The Balaban J connectivity index is 0.00000160. The minimum Gasteiger partial charge on any atom is -0.378 e. The number of carbonyl (C=O) groups excluding carboxylic acids is 1. The molecule has 2 fully saturated rings. The summed E-state index contributed by atoms with van der Waals surface area (Å²) in [6, 6.07) is 21.7. The van der Waals surface area contributed by atoms with Crippen molar-refractivity contribution in [1.82, 2.24) is 15.1 Å². The molecule has 7 heteroatoms. The van der Waals surface area contributed by atoms with E-state index in [4.69, 9.17) is 4.74 Å². The van der Waals surface area contributed by atoms with Crippen molar-refractivity contribution < 1.29 is 9.53 Å². The fraction of sp³-hybridized carbons (Fsp3) is 0.435. The number of piperazine rings is 1. The van der Waals surface area contributed by atoms with Crippen LogP contribution in [0.2, 0.25) is 0 Å². The van der Waals surface area contributed by atoms with Gasteiger partial charge in [-0.25, -0.2) is 0 Å². The maximum atomic E-state index is 12.7. The van der Waals surface area contributed by atoms with E-state index in [1.165, 1.54) is 11.1 Å². The number of rotatable bonds is 5. The Morgan fingerprint density at radius 2 is 1.50 bits per heavy atom. The van der Waals surface area contributed by atoms with Gasteiger partial charge in [0.25, 0.3) is 0 Å². The number of nitrogens with zero attached hydrogens (tertiary/aromatic N) is 2. The first-order valence-corrected chi connectivity index (χ1v) is 10.2. The summed E-state index contributed by atoms with van der Waals surface area (Å²) in [6.45, 7) is 5.54. The summed E-state index contributed by atoms with van der Waals surface area (Å²) in [5.41, 5.74) is 2.61. The summed E-state index contributed by atoms with van der Waals surface area (Å²) >= 11 is 0. The molecule has 1 atom stereocenters. The molecule has 2 saturated heterocycles. The van der Waals surface area contributed by atoms with Crippen LogP contribution < -0.4 is 5.32 Å². The quantitative estimate of drug-likeness (QED) is 0.757. The van der Waals surface area contributed by atoms with Gasteiger partial charge in [0.05, 0.1) is 19.3 Å². The van der Waals surface area contributed by atoms with Crippen molar-refractivity contribution in [3.8, 4) is 0 Å². The van der Waals surface area contributed by atoms with Crippen LogP contribution >= 0.6 is 24.8 Å². The first-order valence-electron chi connectivity index (χ1n) is 10.2. The topological polar surface area (TPSA) is 44.8 Å². The third-order valence-electron chi connectivity index (χ3n) is 5.68. The molecule has 0 radical (unpaired) electrons. The Bertz CT molecular complexity index is 710. The van der Waals surface area contributed by atoms with Crippen LogP contribution in [0, 0.1) is 0 Å². The standard InChI is InChI=1S/C23H29N3O2.2ClH/c27-22(17-21-18-28-16-11-24-21)25-12-14-26(15-13-25)23(19-7-3-1-4-8-19)20-9-5-2-6-10-20;;/h1-10,21,23-24H,11-18H2;2*1H. The molecule has 2 aromatic rings. The highest BCUT2D eigenvalue weighted by Crippen LogP contribution is 2.29. The lowest BCUT2D eigenvalue weighted by Gasteiger charge is -2.40. The third kappa shape index (κ3) is 6.19. The van der Waals surface area contributed by atoms with Gasteiger partial charge in [0.1, 0.15) is 0 Å². The first kappa shape index (κ1) is 24.6. The normalized spacial score (nSPS) is 19.6. The Kier molecular flexibility index (Phi) is 10.1. The average molecular weight is 452 g/mol. The zero-order valence-corrected chi connectivity index (χ0v) is 18.7. The molecule has 1 amide bonds. The lowest BCUT2D eigenvalue weighted by molar-refractivity contribution is -0.134. The molecule has 2 aromatic carbocycles. The Morgan fingerprint density at radius 1 is 0.933 bits per heavy atom. The van der Waals surface area contributed by atoms with Crippen molar-refractivity contribution in [3.05, 3.63) is 71.8 Å². The second-order valence-electron chi connectivity index (χ2n) is 7.57. The molecule has 164 valence electrons. The molecule has 0 spiro atoms. The molecule has 5 nitrogen and oxygen atoms in total. The fourth-order valence-electron chi connectivity index (χ4n) is 4.20. The van der Waals surface area contributed by atoms with Crippen LogP contribution in [0.5, 0.6) is 0 Å². The monoisotopic (exact) mass is 451 g/mol. The van der Waals surface area contributed by atoms with E-state index in [0.717, 1.165) is 39.3 Å². The number of carbonyl (C=O) groups is 1. The van der Waals surface area contributed by atoms with Crippen molar-refractivity contribution in [2.75, 3.05) is 45.9 Å². The molecule has 2 heterocycles. The highest BCUT2D eigenvalue weighted by molar-refractivity contribution is 5.85. The Labute approximate surface area is 191 Å². The van der Waals surface area contributed by atoms with Crippen LogP contribution in [0.4, 0.5) is 0 Å². The number of halogens is 2. The average Bonchev–Trinajstić information content (AvgIpc) is 2.77. The number of hydrogen-bond acceptors (Lipinski definition) is 4. The molecule has 30 heavy (non-hydrogen) atoms. The van der Waals surface area contributed by atoms with E-state index < -0.39 is 0 Å². The van der Waals surface area contributed by atoms with Gasteiger partial charge in [-0.05, 0) is 11.1 Å². The van der Waals surface area contributed by atoms with E-state index in [-0.39, 0.29) is 42.8 Å². The van der Waals surface area contributed by atoms with Gasteiger partial charge in [0.2, 0.25) is 5.91 Å². The van der Waals surface area contributed by atoms with E-state index in [0.29, 0.717) is 13.0 Å². The van der Waals surface area contributed by atoms with E-state index >= 15 is 0 Å². The maximum absolute atomic E-state index is 12.7. The van der Waals surface area contributed by atoms with E-state index in [9.17, 15) is 4.79 Å². The Hall–Kier alpha value is -1.63. The van der Waals surface area contributed by atoms with Crippen molar-refractivity contribution in [1.29, 1.82) is 0 Å². The summed E-state index contributed by atoms with van der Waals surface area (Å²) in [6.07, 6.45) is 0.529. The predicted octanol–water partition coefficient (Wildman–Crippen LogP) is 3.14. The molecule has 1 N–H and O–H groups in total. The second kappa shape index (κ2) is 12.3. The minimum atomic E-state index is 0. The summed E-state index contributed by atoms with van der Waals surface area (Å²) in [5.74, 6) is 0.235.